The average molecular weight is 232 g/mol. The number of nitrogens with zero attached hydrogens (tertiary/aromatic N) is 2. The third-order valence-corrected chi connectivity index (χ3v) is 2.72. The molecule has 1 aromatic heterocycles. The molecular weight excluding hydrogens is 220 g/mol. The first-order valence-corrected chi connectivity index (χ1v) is 5.07. The smallest absolute Gasteiger partial charge is 0.394 e. The molecule has 1 N–H and O–H groups in total. The predicted molar refractivity (Wildman–Crippen MR) is 64.0 cm³/mol. The highest BCUT2D eigenvalue weighted by molar-refractivity contribution is 6.37. The Hall–Kier alpha value is -2.30. The fourth-order valence-corrected chi connectivity index (χ4v) is 1.84. The Morgan fingerprint density at radius 3 is 2.59 bits per heavy atom. The first-order valence-electron chi connectivity index (χ1n) is 5.07. The minimum absolute atomic E-state index is 0.593. The molecule has 0 aliphatic rings. The lowest BCUT2D eigenvalue weighted by Gasteiger charge is -2.12. The molecule has 2 aromatic rings. The van der Waals surface area contributed by atoms with E-state index in [0.717, 1.165) is 15.8 Å². The van der Waals surface area contributed by atoms with Crippen LogP contribution in [0.4, 0.5) is 5.69 Å². The molecule has 0 aliphatic carbocycles. The number of carboxylic acids is 1. The van der Waals surface area contributed by atoms with Crippen LogP contribution in [-0.2, 0) is 16.6 Å². The van der Waals surface area contributed by atoms with Gasteiger partial charge in [-0.2, -0.15) is 0 Å². The molecule has 17 heavy (non-hydrogen) atoms. The number of para-hydroxylation sites is 1. The Morgan fingerprint density at radius 1 is 1.29 bits per heavy atom. The molecule has 88 valence electrons. The molecule has 0 saturated carbocycles. The van der Waals surface area contributed by atoms with Gasteiger partial charge in [0.25, 0.3) is 0 Å². The van der Waals surface area contributed by atoms with Crippen LogP contribution in [0.1, 0.15) is 0 Å². The maximum atomic E-state index is 11.4. The van der Waals surface area contributed by atoms with Crippen LogP contribution in [0.5, 0.6) is 0 Å². The first kappa shape index (κ1) is 11.2. The van der Waals surface area contributed by atoms with Crippen molar-refractivity contribution in [3.05, 3.63) is 30.5 Å². The van der Waals surface area contributed by atoms with E-state index < -0.39 is 11.9 Å². The largest absolute Gasteiger partial charge is 0.474 e. The van der Waals surface area contributed by atoms with Gasteiger partial charge in [-0.25, -0.2) is 4.79 Å². The average Bonchev–Trinajstić information content (AvgIpc) is 2.65. The zero-order valence-electron chi connectivity index (χ0n) is 9.54. The number of likely N-dealkylation sites (N-methyl/N-ethyl adjacent to an activating group) is 1. The van der Waals surface area contributed by atoms with Crippen molar-refractivity contribution in [1.82, 2.24) is 4.57 Å². The molecule has 1 heterocycles. The van der Waals surface area contributed by atoms with Gasteiger partial charge in [0.15, 0.2) is 0 Å². The number of hydrogen-bond acceptors (Lipinski definition) is 2. The molecule has 5 heteroatoms. The summed E-state index contributed by atoms with van der Waals surface area (Å²) in [7, 11) is 3.31. The number of amides is 1. The third kappa shape index (κ3) is 1.75. The van der Waals surface area contributed by atoms with Crippen LogP contribution in [0.2, 0.25) is 0 Å². The maximum absolute atomic E-state index is 11.4. The van der Waals surface area contributed by atoms with Crippen LogP contribution in [0.25, 0.3) is 10.9 Å². The van der Waals surface area contributed by atoms with Crippen molar-refractivity contribution in [3.8, 4) is 0 Å². The van der Waals surface area contributed by atoms with Gasteiger partial charge in [-0.3, -0.25) is 4.79 Å². The minimum Gasteiger partial charge on any atom is -0.474 e. The summed E-state index contributed by atoms with van der Waals surface area (Å²) in [6.07, 6.45) is 1.74. The van der Waals surface area contributed by atoms with E-state index in [-0.39, 0.29) is 0 Å². The van der Waals surface area contributed by atoms with E-state index in [1.54, 1.807) is 6.20 Å². The highest BCUT2D eigenvalue weighted by atomic mass is 16.4. The summed E-state index contributed by atoms with van der Waals surface area (Å²) in [5, 5.41) is 9.55. The molecule has 0 aliphatic heterocycles. The van der Waals surface area contributed by atoms with Crippen LogP contribution in [0.3, 0.4) is 0 Å². The van der Waals surface area contributed by atoms with Gasteiger partial charge in [0, 0.05) is 31.2 Å². The van der Waals surface area contributed by atoms with E-state index in [4.69, 9.17) is 5.11 Å². The fraction of sp³-hybridized carbons (Fsp3) is 0.167. The Bertz CT molecular complexity index is 601. The van der Waals surface area contributed by atoms with Crippen molar-refractivity contribution < 1.29 is 14.7 Å². The molecule has 1 amide bonds. The van der Waals surface area contributed by atoms with Crippen molar-refractivity contribution in [1.29, 1.82) is 0 Å². The highest BCUT2D eigenvalue weighted by Crippen LogP contribution is 2.27. The van der Waals surface area contributed by atoms with Crippen molar-refractivity contribution in [2.45, 2.75) is 0 Å². The van der Waals surface area contributed by atoms with Crippen LogP contribution < -0.4 is 4.90 Å². The van der Waals surface area contributed by atoms with Crippen LogP contribution in [0.15, 0.2) is 30.5 Å². The van der Waals surface area contributed by atoms with E-state index in [1.165, 1.54) is 7.05 Å². The summed E-state index contributed by atoms with van der Waals surface area (Å²) in [5.74, 6) is -2.40. The van der Waals surface area contributed by atoms with Crippen molar-refractivity contribution >= 4 is 28.5 Å². The molecular formula is C12H12N2O3. The van der Waals surface area contributed by atoms with Crippen molar-refractivity contribution in [2.75, 3.05) is 11.9 Å². The number of hydrogen-bond donors (Lipinski definition) is 1. The molecule has 0 fully saturated rings. The van der Waals surface area contributed by atoms with E-state index >= 15 is 0 Å². The molecule has 0 bridgehead atoms. The molecule has 0 radical (unpaired) electrons. The zero-order chi connectivity index (χ0) is 12.6. The van der Waals surface area contributed by atoms with Crippen molar-refractivity contribution in [3.63, 3.8) is 0 Å². The summed E-state index contributed by atoms with van der Waals surface area (Å²) in [5.41, 5.74) is 1.54. The standard InChI is InChI=1S/C12H12N2O3/c1-13-7-10(14(2)11(15)12(16)17)8-5-3-4-6-9(8)13/h3-7H,1-2H3,(H,16,17). The number of carbonyl (C=O) groups is 2. The van der Waals surface area contributed by atoms with E-state index in [9.17, 15) is 9.59 Å². The number of aromatic nitrogens is 1. The Labute approximate surface area is 97.9 Å². The Balaban J connectivity index is 2.56. The number of carboxylic acid groups (broad SMARTS) is 1. The second-order valence-corrected chi connectivity index (χ2v) is 3.81. The van der Waals surface area contributed by atoms with Gasteiger partial charge in [0.1, 0.15) is 0 Å². The second-order valence-electron chi connectivity index (χ2n) is 3.81. The monoisotopic (exact) mass is 232 g/mol. The van der Waals surface area contributed by atoms with Crippen LogP contribution >= 0.6 is 0 Å². The normalized spacial score (nSPS) is 10.5. The van der Waals surface area contributed by atoms with E-state index in [0.29, 0.717) is 5.69 Å². The Morgan fingerprint density at radius 2 is 1.94 bits per heavy atom. The lowest BCUT2D eigenvalue weighted by Crippen LogP contribution is -2.32. The third-order valence-electron chi connectivity index (χ3n) is 2.72. The predicted octanol–water partition coefficient (Wildman–Crippen LogP) is 1.23. The van der Waals surface area contributed by atoms with E-state index in [2.05, 4.69) is 0 Å². The minimum atomic E-state index is -1.46. The zero-order valence-corrected chi connectivity index (χ0v) is 9.54. The number of aliphatic carboxylic acids is 1. The number of benzene rings is 1. The summed E-state index contributed by atoms with van der Waals surface area (Å²) < 4.78 is 1.86. The van der Waals surface area contributed by atoms with Crippen LogP contribution in [0, 0.1) is 0 Å². The molecule has 0 saturated heterocycles. The SMILES string of the molecule is CN(C(=O)C(=O)O)c1cn(C)c2ccccc12. The van der Waals surface area contributed by atoms with Crippen molar-refractivity contribution in [2.24, 2.45) is 7.05 Å². The maximum Gasteiger partial charge on any atom is 0.394 e. The number of aryl methyl sites for hydroxylation is 1. The van der Waals surface area contributed by atoms with Gasteiger partial charge in [-0.1, -0.05) is 18.2 Å². The topological polar surface area (TPSA) is 62.5 Å². The summed E-state index contributed by atoms with van der Waals surface area (Å²) in [6, 6.07) is 7.52. The summed E-state index contributed by atoms with van der Waals surface area (Å²) in [4.78, 5) is 23.2. The quantitative estimate of drug-likeness (QED) is 0.752. The number of fused-ring (bicyclic) bond motifs is 1. The number of anilines is 1. The first-order chi connectivity index (χ1) is 8.02. The fourth-order valence-electron chi connectivity index (χ4n) is 1.84. The van der Waals surface area contributed by atoms with Gasteiger partial charge in [0.2, 0.25) is 0 Å². The van der Waals surface area contributed by atoms with Crippen LogP contribution in [-0.4, -0.2) is 28.6 Å². The molecule has 2 rings (SSSR count). The molecule has 0 spiro atoms. The molecule has 5 nitrogen and oxygen atoms in total. The molecule has 0 atom stereocenters. The number of carbonyl (C=O) groups excluding carboxylic acids is 1. The van der Waals surface area contributed by atoms with Gasteiger partial charge in [-0.15, -0.1) is 0 Å². The molecule has 0 unspecified atom stereocenters. The van der Waals surface area contributed by atoms with Gasteiger partial charge in [-0.05, 0) is 6.07 Å². The van der Waals surface area contributed by atoms with Gasteiger partial charge >= 0.3 is 11.9 Å². The lowest BCUT2D eigenvalue weighted by atomic mass is 10.2. The Kier molecular flexibility index (Phi) is 2.59. The molecule has 1 aromatic carbocycles. The van der Waals surface area contributed by atoms with E-state index in [1.807, 2.05) is 35.9 Å². The second kappa shape index (κ2) is 3.93. The summed E-state index contributed by atoms with van der Waals surface area (Å²) in [6.45, 7) is 0. The number of rotatable bonds is 1. The van der Waals surface area contributed by atoms with Gasteiger partial charge in [0.05, 0.1) is 5.69 Å². The van der Waals surface area contributed by atoms with Gasteiger partial charge < -0.3 is 14.6 Å². The summed E-state index contributed by atoms with van der Waals surface area (Å²) >= 11 is 0. The highest BCUT2D eigenvalue weighted by Gasteiger charge is 2.21. The lowest BCUT2D eigenvalue weighted by molar-refractivity contribution is -0.148.